The lowest BCUT2D eigenvalue weighted by Crippen LogP contribution is -2.44. The SMILES string of the molecule is CCOC(=O)N1CCC(NCc2cc(Br)cs2)CC1. The number of nitrogens with one attached hydrogen (secondary N) is 1. The van der Waals surface area contributed by atoms with Crippen LogP contribution in [0.15, 0.2) is 15.9 Å². The summed E-state index contributed by atoms with van der Waals surface area (Å²) >= 11 is 5.22. The average Bonchev–Trinajstić information content (AvgIpc) is 2.83. The van der Waals surface area contributed by atoms with Crippen LogP contribution in [0.1, 0.15) is 24.6 Å². The molecule has 1 aromatic heterocycles. The van der Waals surface area contributed by atoms with E-state index in [1.54, 1.807) is 16.2 Å². The van der Waals surface area contributed by atoms with Gasteiger partial charge in [0, 0.05) is 40.4 Å². The average molecular weight is 347 g/mol. The Morgan fingerprint density at radius 1 is 1.58 bits per heavy atom. The number of amides is 1. The molecule has 1 fully saturated rings. The van der Waals surface area contributed by atoms with Gasteiger partial charge < -0.3 is 15.0 Å². The zero-order valence-electron chi connectivity index (χ0n) is 11.0. The van der Waals surface area contributed by atoms with Crippen molar-refractivity contribution in [3.63, 3.8) is 0 Å². The highest BCUT2D eigenvalue weighted by Gasteiger charge is 2.23. The Labute approximate surface area is 126 Å². The summed E-state index contributed by atoms with van der Waals surface area (Å²) < 4.78 is 6.16. The summed E-state index contributed by atoms with van der Waals surface area (Å²) in [5.41, 5.74) is 0. The van der Waals surface area contributed by atoms with Crippen molar-refractivity contribution in [2.45, 2.75) is 32.4 Å². The molecule has 1 amide bonds. The third kappa shape index (κ3) is 4.47. The van der Waals surface area contributed by atoms with Crippen molar-refractivity contribution >= 4 is 33.4 Å². The number of thiophene rings is 1. The molecule has 1 N–H and O–H groups in total. The van der Waals surface area contributed by atoms with Crippen molar-refractivity contribution in [2.24, 2.45) is 0 Å². The molecule has 4 nitrogen and oxygen atoms in total. The van der Waals surface area contributed by atoms with E-state index in [1.165, 1.54) is 4.88 Å². The van der Waals surface area contributed by atoms with Crippen molar-refractivity contribution in [3.8, 4) is 0 Å². The standard InChI is InChI=1S/C13H19BrN2O2S/c1-2-18-13(17)16-5-3-11(4-6-16)15-8-12-7-10(14)9-19-12/h7,9,11,15H,2-6,8H2,1H3. The third-order valence-electron chi connectivity index (χ3n) is 3.21. The van der Waals surface area contributed by atoms with E-state index < -0.39 is 0 Å². The van der Waals surface area contributed by atoms with Crippen LogP contribution in [0, 0.1) is 0 Å². The molecule has 0 atom stereocenters. The number of piperidine rings is 1. The number of likely N-dealkylation sites (tertiary alicyclic amines) is 1. The zero-order valence-corrected chi connectivity index (χ0v) is 13.4. The second-order valence-corrected chi connectivity index (χ2v) is 6.48. The molecule has 0 spiro atoms. The summed E-state index contributed by atoms with van der Waals surface area (Å²) in [5.74, 6) is 0. The minimum absolute atomic E-state index is 0.178. The van der Waals surface area contributed by atoms with Crippen molar-refractivity contribution in [1.29, 1.82) is 0 Å². The topological polar surface area (TPSA) is 41.6 Å². The van der Waals surface area contributed by atoms with E-state index in [2.05, 4.69) is 32.7 Å². The predicted octanol–water partition coefficient (Wildman–Crippen LogP) is 3.22. The van der Waals surface area contributed by atoms with Crippen LogP contribution in [0.25, 0.3) is 0 Å². The van der Waals surface area contributed by atoms with Crippen LogP contribution in [0.4, 0.5) is 4.79 Å². The Morgan fingerprint density at radius 2 is 2.32 bits per heavy atom. The summed E-state index contributed by atoms with van der Waals surface area (Å²) in [6.07, 6.45) is 1.81. The van der Waals surface area contributed by atoms with E-state index in [9.17, 15) is 4.79 Å². The minimum atomic E-state index is -0.178. The quantitative estimate of drug-likeness (QED) is 0.909. The van der Waals surface area contributed by atoms with E-state index in [1.807, 2.05) is 6.92 Å². The van der Waals surface area contributed by atoms with Crippen molar-refractivity contribution in [2.75, 3.05) is 19.7 Å². The van der Waals surface area contributed by atoms with Crippen LogP contribution < -0.4 is 5.32 Å². The molecule has 6 heteroatoms. The molecule has 1 aromatic rings. The molecule has 1 saturated heterocycles. The maximum atomic E-state index is 11.6. The van der Waals surface area contributed by atoms with Gasteiger partial charge >= 0.3 is 6.09 Å². The van der Waals surface area contributed by atoms with E-state index in [0.29, 0.717) is 12.6 Å². The third-order valence-corrected chi connectivity index (χ3v) is 4.91. The molecule has 0 unspecified atom stereocenters. The van der Waals surface area contributed by atoms with Crippen LogP contribution in [0.3, 0.4) is 0 Å². The predicted molar refractivity (Wildman–Crippen MR) is 80.5 cm³/mol. The Kier molecular flexibility index (Phi) is 5.66. The summed E-state index contributed by atoms with van der Waals surface area (Å²) in [4.78, 5) is 14.7. The fourth-order valence-electron chi connectivity index (χ4n) is 2.17. The van der Waals surface area contributed by atoms with Gasteiger partial charge in [-0.3, -0.25) is 0 Å². The number of ether oxygens (including phenoxy) is 1. The second-order valence-electron chi connectivity index (χ2n) is 4.57. The summed E-state index contributed by atoms with van der Waals surface area (Å²) in [5, 5.41) is 5.65. The summed E-state index contributed by atoms with van der Waals surface area (Å²) in [7, 11) is 0. The number of rotatable bonds is 4. The van der Waals surface area contributed by atoms with E-state index in [4.69, 9.17) is 4.74 Å². The van der Waals surface area contributed by atoms with E-state index in [-0.39, 0.29) is 6.09 Å². The number of nitrogens with zero attached hydrogens (tertiary/aromatic N) is 1. The molecule has 0 saturated carbocycles. The molecule has 1 aliphatic rings. The number of halogens is 1. The van der Waals surface area contributed by atoms with Crippen LogP contribution in [0.5, 0.6) is 0 Å². The number of hydrogen-bond acceptors (Lipinski definition) is 4. The normalized spacial score (nSPS) is 16.6. The fraction of sp³-hybridized carbons (Fsp3) is 0.615. The molecule has 0 radical (unpaired) electrons. The first kappa shape index (κ1) is 14.8. The fourth-order valence-corrected chi connectivity index (χ4v) is 3.57. The van der Waals surface area contributed by atoms with Gasteiger partial charge in [0.05, 0.1) is 6.61 Å². The van der Waals surface area contributed by atoms with Crippen LogP contribution in [-0.2, 0) is 11.3 Å². The largest absolute Gasteiger partial charge is 0.450 e. The Bertz CT molecular complexity index is 417. The summed E-state index contributed by atoms with van der Waals surface area (Å²) in [6.45, 7) is 4.76. The van der Waals surface area contributed by atoms with Gasteiger partial charge in [0.15, 0.2) is 0 Å². The molecule has 2 heterocycles. The number of carbonyl (C=O) groups is 1. The number of carbonyl (C=O) groups excluding carboxylic acids is 1. The first-order valence-electron chi connectivity index (χ1n) is 6.57. The van der Waals surface area contributed by atoms with Crippen LogP contribution in [0.2, 0.25) is 0 Å². The molecular weight excluding hydrogens is 328 g/mol. The van der Waals surface area contributed by atoms with Gasteiger partial charge in [-0.1, -0.05) is 0 Å². The maximum absolute atomic E-state index is 11.6. The van der Waals surface area contributed by atoms with Crippen molar-refractivity contribution in [1.82, 2.24) is 10.2 Å². The first-order valence-corrected chi connectivity index (χ1v) is 8.24. The van der Waals surface area contributed by atoms with Gasteiger partial charge in [0.1, 0.15) is 0 Å². The Hall–Kier alpha value is -0.590. The van der Waals surface area contributed by atoms with Gasteiger partial charge in [0.25, 0.3) is 0 Å². The molecule has 106 valence electrons. The lowest BCUT2D eigenvalue weighted by atomic mass is 10.1. The van der Waals surface area contributed by atoms with Crippen LogP contribution in [-0.4, -0.2) is 36.7 Å². The van der Waals surface area contributed by atoms with Crippen molar-refractivity contribution < 1.29 is 9.53 Å². The summed E-state index contributed by atoms with van der Waals surface area (Å²) in [6, 6.07) is 2.64. The molecule has 1 aliphatic heterocycles. The molecular formula is C13H19BrN2O2S. The molecule has 0 aromatic carbocycles. The molecule has 0 aliphatic carbocycles. The van der Waals surface area contributed by atoms with Gasteiger partial charge in [-0.25, -0.2) is 4.79 Å². The van der Waals surface area contributed by atoms with Crippen molar-refractivity contribution in [3.05, 3.63) is 20.8 Å². The first-order chi connectivity index (χ1) is 9.19. The van der Waals surface area contributed by atoms with E-state index in [0.717, 1.165) is 36.9 Å². The lowest BCUT2D eigenvalue weighted by molar-refractivity contribution is 0.0950. The Balaban J connectivity index is 1.70. The van der Waals surface area contributed by atoms with Gasteiger partial charge in [-0.2, -0.15) is 0 Å². The highest BCUT2D eigenvalue weighted by Crippen LogP contribution is 2.20. The monoisotopic (exact) mass is 346 g/mol. The smallest absolute Gasteiger partial charge is 0.409 e. The number of hydrogen-bond donors (Lipinski definition) is 1. The van der Waals surface area contributed by atoms with Gasteiger partial charge in [0.2, 0.25) is 0 Å². The van der Waals surface area contributed by atoms with Gasteiger partial charge in [-0.15, -0.1) is 11.3 Å². The highest BCUT2D eigenvalue weighted by molar-refractivity contribution is 9.10. The Morgan fingerprint density at radius 3 is 2.89 bits per heavy atom. The maximum Gasteiger partial charge on any atom is 0.409 e. The van der Waals surface area contributed by atoms with Crippen LogP contribution >= 0.6 is 27.3 Å². The zero-order chi connectivity index (χ0) is 13.7. The van der Waals surface area contributed by atoms with E-state index >= 15 is 0 Å². The molecule has 0 bridgehead atoms. The lowest BCUT2D eigenvalue weighted by Gasteiger charge is -2.31. The molecule has 2 rings (SSSR count). The minimum Gasteiger partial charge on any atom is -0.450 e. The molecule has 19 heavy (non-hydrogen) atoms. The highest BCUT2D eigenvalue weighted by atomic mass is 79.9. The second kappa shape index (κ2) is 7.26. The van der Waals surface area contributed by atoms with Gasteiger partial charge in [-0.05, 0) is 41.8 Å².